The standard InChI is InChI=1S/C19H19BrN4O2.ClH/c1-24(2,3)11-6-4-5-10(9-11)23-13-8-7-12-14(19(13)26)16(21)17(22)15(20)18(12)25;/h4-9H,1-3H3,(H4-,21,22,23,25,26);1H. The predicted octanol–water partition coefficient (Wildman–Crippen LogP) is 0.502. The van der Waals surface area contributed by atoms with E-state index in [4.69, 9.17) is 11.5 Å². The van der Waals surface area contributed by atoms with Crippen molar-refractivity contribution in [2.75, 3.05) is 32.6 Å². The highest BCUT2D eigenvalue weighted by Gasteiger charge is 2.28. The van der Waals surface area contributed by atoms with Crippen molar-refractivity contribution in [2.45, 2.75) is 0 Å². The molecule has 0 aliphatic heterocycles. The summed E-state index contributed by atoms with van der Waals surface area (Å²) in [4.78, 5) is 17.4. The van der Waals surface area contributed by atoms with Crippen molar-refractivity contribution in [1.29, 1.82) is 0 Å². The molecule has 27 heavy (non-hydrogen) atoms. The molecular formula is C19H20BrClN4O2. The van der Waals surface area contributed by atoms with E-state index < -0.39 is 0 Å². The average molecular weight is 452 g/mol. The molecule has 5 N–H and O–H groups in total. The van der Waals surface area contributed by atoms with Crippen LogP contribution in [0.4, 0.5) is 22.7 Å². The largest absolute Gasteiger partial charge is 1.00 e. The van der Waals surface area contributed by atoms with Crippen molar-refractivity contribution >= 4 is 56.3 Å². The molecule has 0 bridgehead atoms. The van der Waals surface area contributed by atoms with Crippen LogP contribution in [0.5, 0.6) is 5.75 Å². The summed E-state index contributed by atoms with van der Waals surface area (Å²) in [5.41, 5.74) is 14.7. The minimum atomic E-state index is -0.370. The van der Waals surface area contributed by atoms with Gasteiger partial charge < -0.3 is 29.0 Å². The number of aromatic hydroxyl groups is 1. The molecule has 0 unspecified atom stereocenters. The lowest BCUT2D eigenvalue weighted by molar-refractivity contribution is -0.0000133. The van der Waals surface area contributed by atoms with Crippen molar-refractivity contribution in [1.82, 2.24) is 4.48 Å². The molecule has 0 saturated carbocycles. The molecule has 1 aliphatic rings. The third kappa shape index (κ3) is 3.71. The second kappa shape index (κ2) is 7.34. The molecule has 0 fully saturated rings. The third-order valence-electron chi connectivity index (χ3n) is 4.25. The Labute approximate surface area is 172 Å². The summed E-state index contributed by atoms with van der Waals surface area (Å²) >= 11 is 3.19. The van der Waals surface area contributed by atoms with Crippen LogP contribution in [-0.2, 0) is 0 Å². The van der Waals surface area contributed by atoms with Gasteiger partial charge in [-0.3, -0.25) is 9.28 Å². The lowest BCUT2D eigenvalue weighted by Gasteiger charge is -2.23. The number of anilines is 2. The minimum Gasteiger partial charge on any atom is -1.00 e. The summed E-state index contributed by atoms with van der Waals surface area (Å²) in [5, 5.41) is 10.2. The van der Waals surface area contributed by atoms with Crippen molar-refractivity contribution in [3.8, 4) is 5.75 Å². The summed E-state index contributed by atoms with van der Waals surface area (Å²) < 4.78 is 0.915. The number of allylic oxidation sites excluding steroid dienone is 1. The van der Waals surface area contributed by atoms with E-state index in [-0.39, 0.29) is 51.1 Å². The molecule has 0 spiro atoms. The lowest BCUT2D eigenvalue weighted by Crippen LogP contribution is -3.00. The van der Waals surface area contributed by atoms with E-state index in [1.165, 1.54) is 0 Å². The maximum atomic E-state index is 12.9. The molecule has 0 saturated heterocycles. The van der Waals surface area contributed by atoms with Crippen LogP contribution < -0.4 is 28.4 Å². The number of hydrogen-bond acceptors (Lipinski definition) is 5. The van der Waals surface area contributed by atoms with Gasteiger partial charge in [0, 0.05) is 11.6 Å². The number of Topliss-reactive ketones (excluding diaryl/α,β-unsaturated/α-hetero) is 1. The van der Waals surface area contributed by atoms with E-state index in [9.17, 15) is 9.90 Å². The molecular weight excluding hydrogens is 432 g/mol. The number of carbonyl (C=O) groups is 1. The van der Waals surface area contributed by atoms with E-state index in [1.807, 2.05) is 24.3 Å². The molecule has 6 nitrogen and oxygen atoms in total. The molecule has 2 aromatic carbocycles. The van der Waals surface area contributed by atoms with Crippen LogP contribution in [-0.4, -0.2) is 37.7 Å². The first-order valence-electron chi connectivity index (χ1n) is 7.94. The van der Waals surface area contributed by atoms with Gasteiger partial charge in [0.05, 0.1) is 48.2 Å². The number of phenolic OH excluding ortho intramolecular Hbond substituents is 1. The fraction of sp³-hybridized carbons (Fsp3) is 0.158. The number of phenols is 1. The van der Waals surface area contributed by atoms with E-state index in [0.29, 0.717) is 15.7 Å². The number of aliphatic imine (C=N–C) groups is 1. The van der Waals surface area contributed by atoms with Gasteiger partial charge in [-0.1, -0.05) is 6.07 Å². The van der Waals surface area contributed by atoms with Crippen LogP contribution in [0.2, 0.25) is 0 Å². The van der Waals surface area contributed by atoms with Crippen LogP contribution in [0.1, 0.15) is 15.9 Å². The summed E-state index contributed by atoms with van der Waals surface area (Å²) in [6.45, 7) is 0. The van der Waals surface area contributed by atoms with E-state index >= 15 is 0 Å². The molecule has 0 heterocycles. The molecule has 0 amide bonds. The molecule has 3 rings (SSSR count). The zero-order chi connectivity index (χ0) is 19.2. The quantitative estimate of drug-likeness (QED) is 0.352. The highest BCUT2D eigenvalue weighted by molar-refractivity contribution is 9.10. The van der Waals surface area contributed by atoms with Crippen molar-refractivity contribution in [3.05, 3.63) is 45.9 Å². The monoisotopic (exact) mass is 450 g/mol. The Morgan fingerprint density at radius 1 is 1.11 bits per heavy atom. The molecule has 0 radical (unpaired) electrons. The first kappa shape index (κ1) is 21.0. The SMILES string of the molecule is C[N+](C)(C)c1cccc(N=C2C=Cc3c(O)c(Br)c(N)c(N)c3C2=O)c1.[Cl-]. The number of ketones is 1. The number of halogens is 2. The summed E-state index contributed by atoms with van der Waals surface area (Å²) in [6, 6.07) is 7.67. The van der Waals surface area contributed by atoms with Crippen LogP contribution >= 0.6 is 15.9 Å². The fourth-order valence-corrected chi connectivity index (χ4v) is 3.17. The fourth-order valence-electron chi connectivity index (χ4n) is 2.74. The first-order valence-corrected chi connectivity index (χ1v) is 8.73. The minimum absolute atomic E-state index is 0. The summed E-state index contributed by atoms with van der Waals surface area (Å²) in [6.07, 6.45) is 3.19. The Bertz CT molecular complexity index is 994. The molecule has 0 atom stereocenters. The topological polar surface area (TPSA) is 102 Å². The maximum absolute atomic E-state index is 12.9. The Morgan fingerprint density at radius 2 is 1.78 bits per heavy atom. The molecule has 2 aromatic rings. The highest BCUT2D eigenvalue weighted by Crippen LogP contribution is 2.43. The highest BCUT2D eigenvalue weighted by atomic mass is 79.9. The van der Waals surface area contributed by atoms with Gasteiger partial charge >= 0.3 is 0 Å². The number of carbonyl (C=O) groups excluding carboxylic acids is 1. The van der Waals surface area contributed by atoms with Gasteiger partial charge in [0.2, 0.25) is 5.78 Å². The number of fused-ring (bicyclic) bond motifs is 1. The second-order valence-electron chi connectivity index (χ2n) is 6.97. The van der Waals surface area contributed by atoms with Crippen molar-refractivity contribution in [3.63, 3.8) is 0 Å². The van der Waals surface area contributed by atoms with Crippen molar-refractivity contribution in [2.24, 2.45) is 4.99 Å². The Morgan fingerprint density at radius 3 is 2.41 bits per heavy atom. The van der Waals surface area contributed by atoms with Gasteiger partial charge in [-0.05, 0) is 40.2 Å². The van der Waals surface area contributed by atoms with Gasteiger partial charge in [0.25, 0.3) is 0 Å². The molecule has 1 aliphatic carbocycles. The van der Waals surface area contributed by atoms with Crippen LogP contribution in [0.3, 0.4) is 0 Å². The van der Waals surface area contributed by atoms with E-state index in [0.717, 1.165) is 5.69 Å². The number of benzene rings is 2. The molecule has 8 heteroatoms. The Hall–Kier alpha value is -2.35. The van der Waals surface area contributed by atoms with Crippen LogP contribution in [0, 0.1) is 0 Å². The number of nitrogens with two attached hydrogens (primary N) is 2. The normalized spacial score (nSPS) is 14.8. The van der Waals surface area contributed by atoms with E-state index in [2.05, 4.69) is 42.1 Å². The number of nitrogen functional groups attached to an aromatic ring is 2. The summed E-state index contributed by atoms with van der Waals surface area (Å²) in [7, 11) is 6.16. The van der Waals surface area contributed by atoms with Crippen LogP contribution in [0.15, 0.2) is 39.8 Å². The lowest BCUT2D eigenvalue weighted by atomic mass is 9.91. The van der Waals surface area contributed by atoms with Crippen molar-refractivity contribution < 1.29 is 22.3 Å². The van der Waals surface area contributed by atoms with Gasteiger partial charge in [0.15, 0.2) is 0 Å². The smallest absolute Gasteiger partial charge is 0.214 e. The Balaban J connectivity index is 0.00000261. The Kier molecular flexibility index (Phi) is 5.70. The van der Waals surface area contributed by atoms with Gasteiger partial charge in [-0.25, -0.2) is 4.99 Å². The number of nitrogens with zero attached hydrogens (tertiary/aromatic N) is 2. The summed E-state index contributed by atoms with van der Waals surface area (Å²) in [5.74, 6) is -0.479. The molecule has 142 valence electrons. The first-order chi connectivity index (χ1) is 12.1. The number of hydrogen-bond donors (Lipinski definition) is 3. The molecule has 0 aromatic heterocycles. The van der Waals surface area contributed by atoms with Gasteiger partial charge in [-0.15, -0.1) is 0 Å². The van der Waals surface area contributed by atoms with Gasteiger partial charge in [0.1, 0.15) is 17.1 Å². The maximum Gasteiger partial charge on any atom is 0.214 e. The predicted molar refractivity (Wildman–Crippen MR) is 111 cm³/mol. The number of quaternary nitrogens is 1. The third-order valence-corrected chi connectivity index (χ3v) is 5.05. The zero-order valence-corrected chi connectivity index (χ0v) is 17.5. The number of rotatable bonds is 2. The zero-order valence-electron chi connectivity index (χ0n) is 15.1. The second-order valence-corrected chi connectivity index (χ2v) is 7.76. The van der Waals surface area contributed by atoms with Crippen LogP contribution in [0.25, 0.3) is 6.08 Å². The average Bonchev–Trinajstić information content (AvgIpc) is 2.59. The van der Waals surface area contributed by atoms with Gasteiger partial charge in [-0.2, -0.15) is 0 Å². The van der Waals surface area contributed by atoms with E-state index in [1.54, 1.807) is 12.2 Å².